The van der Waals surface area contributed by atoms with E-state index in [1.165, 1.54) is 0 Å². The van der Waals surface area contributed by atoms with Crippen molar-refractivity contribution in [2.75, 3.05) is 0 Å². The van der Waals surface area contributed by atoms with E-state index in [0.29, 0.717) is 11.4 Å². The van der Waals surface area contributed by atoms with Crippen molar-refractivity contribution in [3.8, 4) is 11.5 Å². The van der Waals surface area contributed by atoms with E-state index >= 15 is 0 Å². The van der Waals surface area contributed by atoms with Crippen molar-refractivity contribution in [2.24, 2.45) is 27.2 Å². The van der Waals surface area contributed by atoms with Crippen LogP contribution in [0.1, 0.15) is 5.56 Å². The van der Waals surface area contributed by atoms with Crippen molar-refractivity contribution in [3.63, 3.8) is 0 Å². The van der Waals surface area contributed by atoms with Crippen LogP contribution < -0.4 is 21.9 Å². The summed E-state index contributed by atoms with van der Waals surface area (Å²) in [6.07, 6.45) is 0. The molecule has 6 heteroatoms. The number of ether oxygens (including phenoxy) is 1. The van der Waals surface area contributed by atoms with Gasteiger partial charge in [0.2, 0.25) is 5.96 Å². The summed E-state index contributed by atoms with van der Waals surface area (Å²) in [5.74, 6) is 1.40. The number of aliphatic imine (C=N–C) groups is 2. The molecule has 0 bridgehead atoms. The maximum Gasteiger partial charge on any atom is 0.223 e. The molecule has 0 heterocycles. The molecule has 2 rings (SSSR count). The van der Waals surface area contributed by atoms with Crippen molar-refractivity contribution in [2.45, 2.75) is 6.92 Å². The van der Waals surface area contributed by atoms with E-state index in [9.17, 15) is 0 Å². The lowest BCUT2D eigenvalue weighted by molar-refractivity contribution is 0.479. The molecule has 0 atom stereocenters. The summed E-state index contributed by atoms with van der Waals surface area (Å²) in [5, 5.41) is 0. The first-order chi connectivity index (χ1) is 10.0. The Morgan fingerprint density at radius 2 is 1.62 bits per heavy atom. The van der Waals surface area contributed by atoms with Crippen LogP contribution in [0.5, 0.6) is 11.5 Å². The molecule has 6 N–H and O–H groups in total. The van der Waals surface area contributed by atoms with Gasteiger partial charge in [0.25, 0.3) is 0 Å². The summed E-state index contributed by atoms with van der Waals surface area (Å²) < 4.78 is 5.79. The molecule has 6 nitrogen and oxygen atoms in total. The predicted octanol–water partition coefficient (Wildman–Crippen LogP) is 2.01. The van der Waals surface area contributed by atoms with Crippen LogP contribution in [-0.2, 0) is 0 Å². The predicted molar refractivity (Wildman–Crippen MR) is 84.8 cm³/mol. The SMILES string of the molecule is Cc1ccccc1Oc1ccc(N=C(N)N=C(N)N)cc1. The molecule has 0 aliphatic rings. The van der Waals surface area contributed by atoms with Gasteiger partial charge in [-0.25, -0.2) is 4.99 Å². The zero-order valence-corrected chi connectivity index (χ0v) is 11.7. The molecule has 21 heavy (non-hydrogen) atoms. The minimum absolute atomic E-state index is 0.00238. The van der Waals surface area contributed by atoms with Gasteiger partial charge in [0, 0.05) is 0 Å². The lowest BCUT2D eigenvalue weighted by Crippen LogP contribution is -2.26. The number of guanidine groups is 2. The molecule has 0 aliphatic carbocycles. The summed E-state index contributed by atoms with van der Waals surface area (Å²) in [5.41, 5.74) is 17.7. The van der Waals surface area contributed by atoms with Crippen molar-refractivity contribution in [1.29, 1.82) is 0 Å². The standard InChI is InChI=1S/C15H17N5O/c1-10-4-2-3-5-13(10)21-12-8-6-11(7-9-12)19-15(18)20-14(16)17/h2-9H,1H3,(H6,16,17,18,19,20). The van der Waals surface area contributed by atoms with Gasteiger partial charge in [-0.2, -0.15) is 4.99 Å². The highest BCUT2D eigenvalue weighted by Gasteiger charge is 2.00. The first kappa shape index (κ1) is 14.4. The smallest absolute Gasteiger partial charge is 0.223 e. The van der Waals surface area contributed by atoms with Crippen LogP contribution in [0.2, 0.25) is 0 Å². The van der Waals surface area contributed by atoms with Crippen LogP contribution in [0.15, 0.2) is 58.5 Å². The molecular formula is C15H17N5O. The van der Waals surface area contributed by atoms with Crippen LogP contribution >= 0.6 is 0 Å². The Balaban J connectivity index is 2.13. The molecule has 0 spiro atoms. The number of hydrogen-bond acceptors (Lipinski definition) is 2. The minimum Gasteiger partial charge on any atom is -0.457 e. The van der Waals surface area contributed by atoms with E-state index in [1.54, 1.807) is 24.3 Å². The monoisotopic (exact) mass is 283 g/mol. The average Bonchev–Trinajstić information content (AvgIpc) is 2.42. The van der Waals surface area contributed by atoms with Crippen molar-refractivity contribution < 1.29 is 4.74 Å². The van der Waals surface area contributed by atoms with Gasteiger partial charge >= 0.3 is 0 Å². The number of nitrogens with two attached hydrogens (primary N) is 3. The van der Waals surface area contributed by atoms with E-state index in [1.807, 2.05) is 31.2 Å². The molecule has 0 aliphatic heterocycles. The summed E-state index contributed by atoms with van der Waals surface area (Å²) in [4.78, 5) is 7.70. The zero-order valence-electron chi connectivity index (χ0n) is 11.7. The van der Waals surface area contributed by atoms with E-state index in [4.69, 9.17) is 21.9 Å². The Bertz CT molecular complexity index is 673. The third-order valence-electron chi connectivity index (χ3n) is 2.65. The zero-order chi connectivity index (χ0) is 15.2. The molecule has 0 radical (unpaired) electrons. The second-order valence-corrected chi connectivity index (χ2v) is 4.37. The van der Waals surface area contributed by atoms with Gasteiger partial charge in [-0.05, 0) is 42.8 Å². The Morgan fingerprint density at radius 1 is 0.952 bits per heavy atom. The van der Waals surface area contributed by atoms with E-state index in [-0.39, 0.29) is 11.9 Å². The quantitative estimate of drug-likeness (QED) is 0.590. The topological polar surface area (TPSA) is 112 Å². The van der Waals surface area contributed by atoms with Gasteiger partial charge in [-0.1, -0.05) is 18.2 Å². The van der Waals surface area contributed by atoms with Gasteiger partial charge in [0.05, 0.1) is 5.69 Å². The van der Waals surface area contributed by atoms with Gasteiger partial charge in [-0.3, -0.25) is 0 Å². The third kappa shape index (κ3) is 4.24. The van der Waals surface area contributed by atoms with Crippen LogP contribution in [-0.4, -0.2) is 11.9 Å². The lowest BCUT2D eigenvalue weighted by atomic mass is 10.2. The van der Waals surface area contributed by atoms with Crippen molar-refractivity contribution in [3.05, 3.63) is 54.1 Å². The lowest BCUT2D eigenvalue weighted by Gasteiger charge is -2.08. The van der Waals surface area contributed by atoms with E-state index < -0.39 is 0 Å². The summed E-state index contributed by atoms with van der Waals surface area (Å²) in [6, 6.07) is 14.9. The first-order valence-electron chi connectivity index (χ1n) is 6.32. The second kappa shape index (κ2) is 6.42. The van der Waals surface area contributed by atoms with Gasteiger partial charge in [-0.15, -0.1) is 0 Å². The Kier molecular flexibility index (Phi) is 4.40. The average molecular weight is 283 g/mol. The molecule has 0 amide bonds. The number of rotatable bonds is 3. The van der Waals surface area contributed by atoms with Crippen LogP contribution in [0.25, 0.3) is 0 Å². The number of benzene rings is 2. The molecule has 108 valence electrons. The summed E-state index contributed by atoms with van der Waals surface area (Å²) >= 11 is 0. The summed E-state index contributed by atoms with van der Waals surface area (Å²) in [6.45, 7) is 1.99. The van der Waals surface area contributed by atoms with Crippen LogP contribution in [0, 0.1) is 6.92 Å². The number of hydrogen-bond donors (Lipinski definition) is 3. The maximum absolute atomic E-state index is 5.79. The molecule has 0 saturated heterocycles. The fourth-order valence-corrected chi connectivity index (χ4v) is 1.68. The van der Waals surface area contributed by atoms with Gasteiger partial charge < -0.3 is 21.9 Å². The molecule has 0 saturated carbocycles. The first-order valence-corrected chi connectivity index (χ1v) is 6.32. The van der Waals surface area contributed by atoms with Crippen molar-refractivity contribution >= 4 is 17.6 Å². The number of aryl methyl sites for hydroxylation is 1. The Morgan fingerprint density at radius 3 is 2.24 bits per heavy atom. The van der Waals surface area contributed by atoms with Crippen LogP contribution in [0.3, 0.4) is 0 Å². The largest absolute Gasteiger partial charge is 0.457 e. The van der Waals surface area contributed by atoms with Gasteiger partial charge in [0.1, 0.15) is 11.5 Å². The van der Waals surface area contributed by atoms with Gasteiger partial charge in [0.15, 0.2) is 5.96 Å². The van der Waals surface area contributed by atoms with E-state index in [2.05, 4.69) is 9.98 Å². The molecular weight excluding hydrogens is 266 g/mol. The fourth-order valence-electron chi connectivity index (χ4n) is 1.68. The number of para-hydroxylation sites is 1. The molecule has 0 fully saturated rings. The second-order valence-electron chi connectivity index (χ2n) is 4.37. The highest BCUT2D eigenvalue weighted by molar-refractivity contribution is 5.93. The van der Waals surface area contributed by atoms with Crippen molar-refractivity contribution in [1.82, 2.24) is 0 Å². The molecule has 0 aromatic heterocycles. The number of nitrogens with zero attached hydrogens (tertiary/aromatic N) is 2. The highest BCUT2D eigenvalue weighted by atomic mass is 16.5. The Labute approximate surface area is 123 Å². The van der Waals surface area contributed by atoms with Crippen LogP contribution in [0.4, 0.5) is 5.69 Å². The fraction of sp³-hybridized carbons (Fsp3) is 0.0667. The maximum atomic E-state index is 5.79. The highest BCUT2D eigenvalue weighted by Crippen LogP contribution is 2.26. The summed E-state index contributed by atoms with van der Waals surface area (Å²) in [7, 11) is 0. The molecule has 2 aromatic rings. The normalized spacial score (nSPS) is 11.0. The third-order valence-corrected chi connectivity index (χ3v) is 2.65. The molecule has 2 aromatic carbocycles. The van der Waals surface area contributed by atoms with E-state index in [0.717, 1.165) is 11.3 Å². The minimum atomic E-state index is -0.129. The molecule has 0 unspecified atom stereocenters. The Hall–Kier alpha value is -3.02.